The molecule has 2 rings (SSSR count). The highest BCUT2D eigenvalue weighted by atomic mass is 79.9. The Bertz CT molecular complexity index is 782. The van der Waals surface area contributed by atoms with Gasteiger partial charge in [0, 0.05) is 22.9 Å². The van der Waals surface area contributed by atoms with Crippen molar-refractivity contribution in [2.45, 2.75) is 6.92 Å². The van der Waals surface area contributed by atoms with Gasteiger partial charge in [-0.15, -0.1) is 0 Å². The van der Waals surface area contributed by atoms with E-state index in [1.807, 2.05) is 0 Å². The highest BCUT2D eigenvalue weighted by Gasteiger charge is 2.16. The second-order valence-electron chi connectivity index (χ2n) is 4.91. The summed E-state index contributed by atoms with van der Waals surface area (Å²) in [4.78, 5) is 22.9. The number of aryl methyl sites for hydroxylation is 1. The first-order chi connectivity index (χ1) is 11.4. The summed E-state index contributed by atoms with van der Waals surface area (Å²) in [5.74, 6) is 0.445. The van der Waals surface area contributed by atoms with Gasteiger partial charge in [0.15, 0.2) is 0 Å². The zero-order chi connectivity index (χ0) is 17.9. The van der Waals surface area contributed by atoms with Crippen molar-refractivity contribution in [3.05, 3.63) is 56.0 Å². The van der Waals surface area contributed by atoms with Gasteiger partial charge < -0.3 is 14.8 Å². The average Bonchev–Trinajstić information content (AvgIpc) is 2.56. The van der Waals surface area contributed by atoms with Gasteiger partial charge in [-0.3, -0.25) is 14.9 Å². The van der Waals surface area contributed by atoms with Gasteiger partial charge in [0.1, 0.15) is 16.0 Å². The number of halogens is 1. The molecule has 1 N–H and O–H groups in total. The topological polar surface area (TPSA) is 90.7 Å². The van der Waals surface area contributed by atoms with Crippen LogP contribution in [-0.4, -0.2) is 25.1 Å². The maximum atomic E-state index is 12.4. The fourth-order valence-electron chi connectivity index (χ4n) is 2.09. The Morgan fingerprint density at radius 2 is 1.75 bits per heavy atom. The lowest BCUT2D eigenvalue weighted by atomic mass is 10.1. The van der Waals surface area contributed by atoms with Crippen molar-refractivity contribution in [2.24, 2.45) is 0 Å². The molecule has 1 amide bonds. The molecule has 0 aliphatic carbocycles. The Morgan fingerprint density at radius 3 is 2.25 bits per heavy atom. The summed E-state index contributed by atoms with van der Waals surface area (Å²) in [5.41, 5.74) is 1.09. The van der Waals surface area contributed by atoms with Crippen LogP contribution in [0.25, 0.3) is 0 Å². The van der Waals surface area contributed by atoms with Gasteiger partial charge in [0.2, 0.25) is 0 Å². The van der Waals surface area contributed by atoms with Crippen molar-refractivity contribution in [1.82, 2.24) is 0 Å². The zero-order valence-electron chi connectivity index (χ0n) is 13.3. The smallest absolute Gasteiger partial charge is 0.274 e. The number of hydrogen-bond donors (Lipinski definition) is 1. The molecule has 126 valence electrons. The van der Waals surface area contributed by atoms with E-state index in [4.69, 9.17) is 9.47 Å². The van der Waals surface area contributed by atoms with Crippen molar-refractivity contribution in [3.63, 3.8) is 0 Å². The standard InChI is InChI=1S/C16H15BrN2O5/c1-9-4-5-11(8-12(9)19(21)22)18-16(20)10-6-13(23-2)15(17)14(7-10)24-3/h4-8H,1-3H3,(H,18,20). The normalized spacial score (nSPS) is 10.2. The lowest BCUT2D eigenvalue weighted by Gasteiger charge is -2.12. The summed E-state index contributed by atoms with van der Waals surface area (Å²) in [6.45, 7) is 1.63. The van der Waals surface area contributed by atoms with Crippen molar-refractivity contribution in [1.29, 1.82) is 0 Å². The van der Waals surface area contributed by atoms with Crippen LogP contribution in [-0.2, 0) is 0 Å². The lowest BCUT2D eigenvalue weighted by Crippen LogP contribution is -2.12. The van der Waals surface area contributed by atoms with Crippen LogP contribution in [0.15, 0.2) is 34.8 Å². The molecule has 0 spiro atoms. The van der Waals surface area contributed by atoms with E-state index >= 15 is 0 Å². The van der Waals surface area contributed by atoms with E-state index in [9.17, 15) is 14.9 Å². The Labute approximate surface area is 146 Å². The Morgan fingerprint density at radius 1 is 1.17 bits per heavy atom. The third-order valence-corrected chi connectivity index (χ3v) is 4.15. The highest BCUT2D eigenvalue weighted by molar-refractivity contribution is 9.10. The van der Waals surface area contributed by atoms with Crippen LogP contribution in [0.4, 0.5) is 11.4 Å². The largest absolute Gasteiger partial charge is 0.495 e. The molecule has 0 unspecified atom stereocenters. The molecular weight excluding hydrogens is 380 g/mol. The molecule has 0 saturated heterocycles. The number of rotatable bonds is 5. The minimum Gasteiger partial charge on any atom is -0.495 e. The monoisotopic (exact) mass is 394 g/mol. The molecule has 0 radical (unpaired) electrons. The highest BCUT2D eigenvalue weighted by Crippen LogP contribution is 2.35. The van der Waals surface area contributed by atoms with Crippen LogP contribution in [0.2, 0.25) is 0 Å². The molecule has 0 heterocycles. The molecule has 24 heavy (non-hydrogen) atoms. The minimum absolute atomic E-state index is 0.0567. The number of nitrogens with one attached hydrogen (secondary N) is 1. The summed E-state index contributed by atoms with van der Waals surface area (Å²) in [7, 11) is 2.95. The number of amides is 1. The summed E-state index contributed by atoms with van der Waals surface area (Å²) in [6, 6.07) is 7.60. The van der Waals surface area contributed by atoms with E-state index in [0.29, 0.717) is 32.8 Å². The van der Waals surface area contributed by atoms with Gasteiger partial charge >= 0.3 is 0 Å². The second kappa shape index (κ2) is 7.31. The molecule has 0 fully saturated rings. The molecule has 8 heteroatoms. The SMILES string of the molecule is COc1cc(C(=O)Nc2ccc(C)c([N+](=O)[O-])c2)cc(OC)c1Br. The van der Waals surface area contributed by atoms with Crippen LogP contribution in [0.3, 0.4) is 0 Å². The van der Waals surface area contributed by atoms with E-state index in [1.54, 1.807) is 31.2 Å². The third kappa shape index (κ3) is 3.65. The summed E-state index contributed by atoms with van der Waals surface area (Å²) in [6.07, 6.45) is 0. The molecule has 0 saturated carbocycles. The molecule has 0 aliphatic heterocycles. The Kier molecular flexibility index (Phi) is 5.40. The first-order valence-corrected chi connectivity index (χ1v) is 7.64. The maximum Gasteiger partial charge on any atom is 0.274 e. The Hall–Kier alpha value is -2.61. The lowest BCUT2D eigenvalue weighted by molar-refractivity contribution is -0.385. The van der Waals surface area contributed by atoms with Crippen molar-refractivity contribution >= 4 is 33.2 Å². The van der Waals surface area contributed by atoms with E-state index in [-0.39, 0.29) is 5.69 Å². The number of ether oxygens (including phenoxy) is 2. The molecular formula is C16H15BrN2O5. The van der Waals surface area contributed by atoms with Gasteiger partial charge in [-0.05, 0) is 41.1 Å². The zero-order valence-corrected chi connectivity index (χ0v) is 14.8. The predicted octanol–water partition coefficient (Wildman–Crippen LogP) is 3.94. The number of nitro benzene ring substituents is 1. The first kappa shape index (κ1) is 17.7. The minimum atomic E-state index is -0.489. The van der Waals surface area contributed by atoms with Crippen molar-refractivity contribution < 1.29 is 19.2 Å². The third-order valence-electron chi connectivity index (χ3n) is 3.37. The molecule has 0 aromatic heterocycles. The van der Waals surface area contributed by atoms with E-state index < -0.39 is 10.8 Å². The number of methoxy groups -OCH3 is 2. The van der Waals surface area contributed by atoms with Crippen LogP contribution >= 0.6 is 15.9 Å². The summed E-state index contributed by atoms with van der Waals surface area (Å²) < 4.78 is 11.0. The van der Waals surface area contributed by atoms with E-state index in [2.05, 4.69) is 21.2 Å². The predicted molar refractivity (Wildman–Crippen MR) is 93.0 cm³/mol. The molecule has 2 aromatic carbocycles. The number of carbonyl (C=O) groups excluding carboxylic acids is 1. The second-order valence-corrected chi connectivity index (χ2v) is 5.70. The number of carbonyl (C=O) groups is 1. The average molecular weight is 395 g/mol. The van der Waals surface area contributed by atoms with E-state index in [1.165, 1.54) is 20.3 Å². The van der Waals surface area contributed by atoms with Gasteiger partial charge in [-0.2, -0.15) is 0 Å². The van der Waals surface area contributed by atoms with Gasteiger partial charge in [0.25, 0.3) is 11.6 Å². The van der Waals surface area contributed by atoms with Crippen LogP contribution in [0, 0.1) is 17.0 Å². The van der Waals surface area contributed by atoms with Crippen LogP contribution in [0.1, 0.15) is 15.9 Å². The quantitative estimate of drug-likeness (QED) is 0.612. The summed E-state index contributed by atoms with van der Waals surface area (Å²) >= 11 is 3.33. The van der Waals surface area contributed by atoms with Gasteiger partial charge in [-0.25, -0.2) is 0 Å². The molecule has 2 aromatic rings. The van der Waals surface area contributed by atoms with Crippen LogP contribution in [0.5, 0.6) is 11.5 Å². The van der Waals surface area contributed by atoms with Crippen molar-refractivity contribution in [2.75, 3.05) is 19.5 Å². The number of hydrogen-bond acceptors (Lipinski definition) is 5. The number of benzene rings is 2. The summed E-state index contributed by atoms with van der Waals surface area (Å²) in [5, 5.41) is 13.6. The maximum absolute atomic E-state index is 12.4. The number of anilines is 1. The van der Waals surface area contributed by atoms with Gasteiger partial charge in [-0.1, -0.05) is 6.07 Å². The molecule has 7 nitrogen and oxygen atoms in total. The molecule has 0 aliphatic rings. The Balaban J connectivity index is 2.33. The van der Waals surface area contributed by atoms with Crippen molar-refractivity contribution in [3.8, 4) is 11.5 Å². The fraction of sp³-hybridized carbons (Fsp3) is 0.188. The first-order valence-electron chi connectivity index (χ1n) is 6.85. The fourth-order valence-corrected chi connectivity index (χ4v) is 2.64. The molecule has 0 atom stereocenters. The number of nitrogens with zero attached hydrogens (tertiary/aromatic N) is 1. The number of nitro groups is 1. The van der Waals surface area contributed by atoms with Crippen LogP contribution < -0.4 is 14.8 Å². The van der Waals surface area contributed by atoms with Gasteiger partial charge in [0.05, 0.1) is 19.1 Å². The molecule has 0 bridgehead atoms. The van der Waals surface area contributed by atoms with E-state index in [0.717, 1.165) is 0 Å².